The minimum Gasteiger partial charge on any atom is -0.367 e. The molecule has 1 saturated heterocycles. The number of ether oxygens (including phenoxy) is 1. The average Bonchev–Trinajstić information content (AvgIpc) is 2.07. The number of carbonyl (C=O) groups excluding carboxylic acids is 1. The van der Waals surface area contributed by atoms with Crippen molar-refractivity contribution in [3.8, 4) is 0 Å². The van der Waals surface area contributed by atoms with Gasteiger partial charge in [0.1, 0.15) is 6.10 Å². The molecule has 0 bridgehead atoms. The van der Waals surface area contributed by atoms with Crippen LogP contribution in [0.3, 0.4) is 0 Å². The quantitative estimate of drug-likeness (QED) is 0.682. The van der Waals surface area contributed by atoms with E-state index in [-0.39, 0.29) is 18.1 Å². The van der Waals surface area contributed by atoms with Gasteiger partial charge in [0.25, 0.3) is 0 Å². The highest BCUT2D eigenvalue weighted by atomic mass is 16.5. The Hall–Kier alpha value is -0.370. The predicted molar refractivity (Wildman–Crippen MR) is 57.1 cm³/mol. The number of carbonyl (C=O) groups is 1. The first kappa shape index (κ1) is 11.7. The lowest BCUT2D eigenvalue weighted by Gasteiger charge is -2.36. The fraction of sp³-hybridized carbons (Fsp3) is 0.917. The van der Waals surface area contributed by atoms with E-state index in [1.165, 1.54) is 0 Å². The van der Waals surface area contributed by atoms with Crippen LogP contribution in [0.25, 0.3) is 0 Å². The van der Waals surface area contributed by atoms with E-state index in [2.05, 4.69) is 34.6 Å². The molecule has 0 aromatic rings. The molecule has 0 N–H and O–H groups in total. The molecular formula is C12H22O2. The van der Waals surface area contributed by atoms with Gasteiger partial charge >= 0.3 is 0 Å². The Kier molecular flexibility index (Phi) is 3.71. The van der Waals surface area contributed by atoms with Crippen molar-refractivity contribution in [2.75, 3.05) is 0 Å². The molecule has 0 aliphatic carbocycles. The Balaban J connectivity index is 2.76. The van der Waals surface area contributed by atoms with Gasteiger partial charge in [-0.3, -0.25) is 4.79 Å². The van der Waals surface area contributed by atoms with E-state index in [0.29, 0.717) is 17.6 Å². The van der Waals surface area contributed by atoms with Gasteiger partial charge in [0.2, 0.25) is 0 Å². The zero-order valence-electron chi connectivity index (χ0n) is 9.91. The second kappa shape index (κ2) is 4.43. The largest absolute Gasteiger partial charge is 0.367 e. The molecule has 2 heteroatoms. The number of Topliss-reactive ketones (excluding diaryl/α,β-unsaturated/α-hetero) is 1. The topological polar surface area (TPSA) is 26.3 Å². The normalized spacial score (nSPS) is 34.2. The van der Waals surface area contributed by atoms with E-state index in [9.17, 15) is 4.79 Å². The van der Waals surface area contributed by atoms with Crippen LogP contribution in [0.4, 0.5) is 0 Å². The third-order valence-corrected chi connectivity index (χ3v) is 3.02. The van der Waals surface area contributed by atoms with Crippen molar-refractivity contribution in [1.29, 1.82) is 0 Å². The first-order valence-corrected chi connectivity index (χ1v) is 5.62. The SMILES string of the molecule is CC1CC(C(C)C)C(=O)C(C(C)C)O1. The molecule has 82 valence electrons. The van der Waals surface area contributed by atoms with E-state index in [1.807, 2.05) is 0 Å². The fourth-order valence-corrected chi connectivity index (χ4v) is 2.14. The number of hydrogen-bond donors (Lipinski definition) is 0. The van der Waals surface area contributed by atoms with Gasteiger partial charge in [0.05, 0.1) is 6.10 Å². The van der Waals surface area contributed by atoms with Crippen LogP contribution in [-0.2, 0) is 9.53 Å². The summed E-state index contributed by atoms with van der Waals surface area (Å²) in [7, 11) is 0. The first-order chi connectivity index (χ1) is 6.43. The lowest BCUT2D eigenvalue weighted by Crippen LogP contribution is -2.45. The van der Waals surface area contributed by atoms with Crippen LogP contribution in [0.15, 0.2) is 0 Å². The number of hydrogen-bond acceptors (Lipinski definition) is 2. The lowest BCUT2D eigenvalue weighted by molar-refractivity contribution is -0.155. The van der Waals surface area contributed by atoms with E-state index in [4.69, 9.17) is 4.74 Å². The third kappa shape index (κ3) is 2.35. The number of ketones is 1. The Morgan fingerprint density at radius 3 is 2.21 bits per heavy atom. The first-order valence-electron chi connectivity index (χ1n) is 5.62. The van der Waals surface area contributed by atoms with Gasteiger partial charge in [-0.25, -0.2) is 0 Å². The predicted octanol–water partition coefficient (Wildman–Crippen LogP) is 2.66. The third-order valence-electron chi connectivity index (χ3n) is 3.02. The zero-order valence-corrected chi connectivity index (χ0v) is 9.91. The minimum absolute atomic E-state index is 0.175. The molecule has 3 atom stereocenters. The van der Waals surface area contributed by atoms with E-state index in [1.54, 1.807) is 0 Å². The summed E-state index contributed by atoms with van der Waals surface area (Å²) in [6.07, 6.45) is 0.943. The maximum absolute atomic E-state index is 12.0. The molecule has 3 unspecified atom stereocenters. The molecule has 1 fully saturated rings. The Morgan fingerprint density at radius 2 is 1.79 bits per heavy atom. The average molecular weight is 198 g/mol. The van der Waals surface area contributed by atoms with Crippen LogP contribution in [0.5, 0.6) is 0 Å². The summed E-state index contributed by atoms with van der Waals surface area (Å²) >= 11 is 0. The smallest absolute Gasteiger partial charge is 0.165 e. The molecule has 0 aromatic carbocycles. The highest BCUT2D eigenvalue weighted by molar-refractivity contribution is 5.86. The van der Waals surface area contributed by atoms with Gasteiger partial charge < -0.3 is 4.74 Å². The highest BCUT2D eigenvalue weighted by Gasteiger charge is 2.38. The van der Waals surface area contributed by atoms with E-state index >= 15 is 0 Å². The van der Waals surface area contributed by atoms with Crippen LogP contribution >= 0.6 is 0 Å². The molecule has 14 heavy (non-hydrogen) atoms. The van der Waals surface area contributed by atoms with Crippen LogP contribution in [0, 0.1) is 17.8 Å². The van der Waals surface area contributed by atoms with Crippen molar-refractivity contribution in [3.63, 3.8) is 0 Å². The van der Waals surface area contributed by atoms with Crippen LogP contribution in [0.1, 0.15) is 41.0 Å². The molecular weight excluding hydrogens is 176 g/mol. The molecule has 1 rings (SSSR count). The summed E-state index contributed by atoms with van der Waals surface area (Å²) in [5, 5.41) is 0. The Labute approximate surface area is 87.0 Å². The van der Waals surface area contributed by atoms with Gasteiger partial charge in [0.15, 0.2) is 5.78 Å². The summed E-state index contributed by atoms with van der Waals surface area (Å²) in [5.41, 5.74) is 0. The summed E-state index contributed by atoms with van der Waals surface area (Å²) in [5.74, 6) is 1.25. The maximum Gasteiger partial charge on any atom is 0.165 e. The van der Waals surface area contributed by atoms with Gasteiger partial charge in [-0.15, -0.1) is 0 Å². The molecule has 1 aliphatic heterocycles. The molecule has 0 aromatic heterocycles. The molecule has 0 amide bonds. The summed E-state index contributed by atoms with van der Waals surface area (Å²) in [4.78, 5) is 12.0. The molecule has 0 saturated carbocycles. The van der Waals surface area contributed by atoms with Crippen LogP contribution < -0.4 is 0 Å². The standard InChI is InChI=1S/C12H22O2/c1-7(2)10-6-9(5)14-12(8(3)4)11(10)13/h7-10,12H,6H2,1-5H3. The molecule has 1 aliphatic rings. The van der Waals surface area contributed by atoms with Crippen molar-refractivity contribution in [3.05, 3.63) is 0 Å². The minimum atomic E-state index is -0.175. The van der Waals surface area contributed by atoms with E-state index in [0.717, 1.165) is 6.42 Å². The van der Waals surface area contributed by atoms with Crippen molar-refractivity contribution in [1.82, 2.24) is 0 Å². The second-order valence-corrected chi connectivity index (χ2v) is 5.10. The Morgan fingerprint density at radius 1 is 1.21 bits per heavy atom. The van der Waals surface area contributed by atoms with Gasteiger partial charge in [-0.05, 0) is 25.2 Å². The zero-order chi connectivity index (χ0) is 10.9. The Bertz CT molecular complexity index is 188. The maximum atomic E-state index is 12.0. The molecule has 0 spiro atoms. The van der Waals surface area contributed by atoms with Gasteiger partial charge in [-0.2, -0.15) is 0 Å². The van der Waals surface area contributed by atoms with Crippen molar-refractivity contribution in [2.45, 2.75) is 53.2 Å². The monoisotopic (exact) mass is 198 g/mol. The summed E-state index contributed by atoms with van der Waals surface area (Å²) < 4.78 is 5.69. The summed E-state index contributed by atoms with van der Waals surface area (Å²) in [6, 6.07) is 0. The fourth-order valence-electron chi connectivity index (χ4n) is 2.14. The van der Waals surface area contributed by atoms with Crippen LogP contribution in [-0.4, -0.2) is 18.0 Å². The lowest BCUT2D eigenvalue weighted by atomic mass is 9.80. The van der Waals surface area contributed by atoms with Gasteiger partial charge in [-0.1, -0.05) is 27.7 Å². The second-order valence-electron chi connectivity index (χ2n) is 5.10. The molecule has 1 heterocycles. The van der Waals surface area contributed by atoms with E-state index < -0.39 is 0 Å². The number of rotatable bonds is 2. The van der Waals surface area contributed by atoms with Crippen molar-refractivity contribution >= 4 is 5.78 Å². The van der Waals surface area contributed by atoms with Crippen molar-refractivity contribution < 1.29 is 9.53 Å². The van der Waals surface area contributed by atoms with Gasteiger partial charge in [0, 0.05) is 5.92 Å². The van der Waals surface area contributed by atoms with Crippen LogP contribution in [0.2, 0.25) is 0 Å². The highest BCUT2D eigenvalue weighted by Crippen LogP contribution is 2.30. The van der Waals surface area contributed by atoms with Crippen molar-refractivity contribution in [2.24, 2.45) is 17.8 Å². The summed E-state index contributed by atoms with van der Waals surface area (Å²) in [6.45, 7) is 10.4. The molecule has 2 nitrogen and oxygen atoms in total. The molecule has 0 radical (unpaired) electrons.